The van der Waals surface area contributed by atoms with E-state index in [1.165, 1.54) is 0 Å². The Balaban J connectivity index is 1.62. The second kappa shape index (κ2) is 5.86. The fourth-order valence-corrected chi connectivity index (χ4v) is 2.76. The Morgan fingerprint density at radius 1 is 1.16 bits per heavy atom. The predicted molar refractivity (Wildman–Crippen MR) is 93.3 cm³/mol. The third-order valence-corrected chi connectivity index (χ3v) is 3.89. The first-order chi connectivity index (χ1) is 12.1. The van der Waals surface area contributed by atoms with Crippen LogP contribution in [0.2, 0.25) is 0 Å². The maximum absolute atomic E-state index is 12.5. The van der Waals surface area contributed by atoms with E-state index in [9.17, 15) is 4.79 Å². The lowest BCUT2D eigenvalue weighted by atomic mass is 10.1. The van der Waals surface area contributed by atoms with Gasteiger partial charge in [-0.25, -0.2) is 4.98 Å². The summed E-state index contributed by atoms with van der Waals surface area (Å²) in [7, 11) is 0. The average Bonchev–Trinajstić information content (AvgIpc) is 3.23. The van der Waals surface area contributed by atoms with Crippen molar-refractivity contribution in [2.75, 3.05) is 5.32 Å². The fraction of sp³-hybridized carbons (Fsp3) is 0.111. The number of hydrogen-bond donors (Lipinski definition) is 2. The lowest BCUT2D eigenvalue weighted by Gasteiger charge is -2.02. The number of rotatable bonds is 3. The molecular weight excluding hydrogens is 318 g/mol. The van der Waals surface area contributed by atoms with Crippen molar-refractivity contribution in [2.24, 2.45) is 0 Å². The monoisotopic (exact) mass is 333 g/mol. The number of pyridine rings is 1. The van der Waals surface area contributed by atoms with Crippen molar-refractivity contribution in [3.8, 4) is 11.3 Å². The van der Waals surface area contributed by atoms with Crippen LogP contribution >= 0.6 is 0 Å². The molecule has 0 saturated heterocycles. The van der Waals surface area contributed by atoms with E-state index >= 15 is 0 Å². The van der Waals surface area contributed by atoms with Crippen LogP contribution in [0.1, 0.15) is 21.7 Å². The smallest absolute Gasteiger partial charge is 0.279 e. The number of amides is 1. The lowest BCUT2D eigenvalue weighted by molar-refractivity contribution is 0.101. The van der Waals surface area contributed by atoms with Gasteiger partial charge in [-0.05, 0) is 25.5 Å². The summed E-state index contributed by atoms with van der Waals surface area (Å²) in [6.07, 6.45) is 0. The van der Waals surface area contributed by atoms with Crippen LogP contribution in [0.15, 0.2) is 47.0 Å². The standard InChI is InChI=1S/C18H15N5O2/c1-10-8-11(2)19-16-15(10)17(22-21-16)20-18(24)13-9-14(25-23-13)12-6-4-3-5-7-12/h3-9H,1-2H3,(H2,19,20,21,22,24). The minimum Gasteiger partial charge on any atom is -0.355 e. The number of carbonyl (C=O) groups excluding carboxylic acids is 1. The van der Waals surface area contributed by atoms with E-state index in [-0.39, 0.29) is 11.6 Å². The third kappa shape index (κ3) is 2.76. The third-order valence-electron chi connectivity index (χ3n) is 3.89. The van der Waals surface area contributed by atoms with Crippen LogP contribution in [0, 0.1) is 13.8 Å². The molecule has 124 valence electrons. The fourth-order valence-electron chi connectivity index (χ4n) is 2.76. The summed E-state index contributed by atoms with van der Waals surface area (Å²) in [5.41, 5.74) is 3.55. The highest BCUT2D eigenvalue weighted by Gasteiger charge is 2.17. The highest BCUT2D eigenvalue weighted by atomic mass is 16.5. The minimum absolute atomic E-state index is 0.188. The Morgan fingerprint density at radius 2 is 1.96 bits per heavy atom. The molecule has 25 heavy (non-hydrogen) atoms. The molecule has 1 amide bonds. The van der Waals surface area contributed by atoms with Gasteiger partial charge in [-0.15, -0.1) is 0 Å². The van der Waals surface area contributed by atoms with Crippen molar-refractivity contribution in [2.45, 2.75) is 13.8 Å². The number of nitrogens with zero attached hydrogens (tertiary/aromatic N) is 3. The van der Waals surface area contributed by atoms with E-state index in [4.69, 9.17) is 4.52 Å². The zero-order valence-corrected chi connectivity index (χ0v) is 13.7. The molecule has 7 nitrogen and oxygen atoms in total. The van der Waals surface area contributed by atoms with Crippen LogP contribution in [0.5, 0.6) is 0 Å². The van der Waals surface area contributed by atoms with Gasteiger partial charge in [-0.1, -0.05) is 35.5 Å². The van der Waals surface area contributed by atoms with E-state index in [0.717, 1.165) is 22.2 Å². The van der Waals surface area contributed by atoms with Gasteiger partial charge in [0.2, 0.25) is 0 Å². The van der Waals surface area contributed by atoms with Gasteiger partial charge in [0, 0.05) is 17.3 Å². The Morgan fingerprint density at radius 3 is 2.76 bits per heavy atom. The molecule has 2 N–H and O–H groups in total. The molecule has 0 atom stereocenters. The van der Waals surface area contributed by atoms with Gasteiger partial charge < -0.3 is 9.84 Å². The molecule has 3 heterocycles. The van der Waals surface area contributed by atoms with Crippen molar-refractivity contribution in [3.63, 3.8) is 0 Å². The van der Waals surface area contributed by atoms with Crippen molar-refractivity contribution < 1.29 is 9.32 Å². The molecule has 0 aliphatic heterocycles. The second-order valence-corrected chi connectivity index (χ2v) is 5.77. The van der Waals surface area contributed by atoms with Crippen LogP contribution in [0.3, 0.4) is 0 Å². The van der Waals surface area contributed by atoms with Crippen LogP contribution in [0.25, 0.3) is 22.4 Å². The zero-order valence-electron chi connectivity index (χ0n) is 13.7. The first-order valence-corrected chi connectivity index (χ1v) is 7.77. The van der Waals surface area contributed by atoms with Gasteiger partial charge in [0.1, 0.15) is 0 Å². The topological polar surface area (TPSA) is 96.7 Å². The van der Waals surface area contributed by atoms with Crippen molar-refractivity contribution in [1.82, 2.24) is 20.3 Å². The van der Waals surface area contributed by atoms with Gasteiger partial charge in [-0.2, -0.15) is 5.10 Å². The number of fused-ring (bicyclic) bond motifs is 1. The Kier molecular flexibility index (Phi) is 3.53. The molecule has 4 rings (SSSR count). The Labute approximate surface area is 143 Å². The zero-order chi connectivity index (χ0) is 17.4. The molecule has 0 aliphatic rings. The lowest BCUT2D eigenvalue weighted by Crippen LogP contribution is -2.12. The quantitative estimate of drug-likeness (QED) is 0.598. The maximum atomic E-state index is 12.5. The normalized spacial score (nSPS) is 11.0. The van der Waals surface area contributed by atoms with Crippen LogP contribution in [-0.4, -0.2) is 26.2 Å². The van der Waals surface area contributed by atoms with Gasteiger partial charge >= 0.3 is 0 Å². The summed E-state index contributed by atoms with van der Waals surface area (Å²) >= 11 is 0. The summed E-state index contributed by atoms with van der Waals surface area (Å²) in [6, 6.07) is 13.0. The highest BCUT2D eigenvalue weighted by Crippen LogP contribution is 2.25. The number of anilines is 1. The molecule has 7 heteroatoms. The van der Waals surface area contributed by atoms with E-state index in [1.807, 2.05) is 50.2 Å². The summed E-state index contributed by atoms with van der Waals surface area (Å²) < 4.78 is 5.27. The SMILES string of the molecule is Cc1cc(C)c2c(NC(=O)c3cc(-c4ccccc4)on3)n[nH]c2n1. The molecule has 0 aliphatic carbocycles. The number of aromatic nitrogens is 4. The average molecular weight is 333 g/mol. The van der Waals surface area contributed by atoms with Crippen molar-refractivity contribution in [1.29, 1.82) is 0 Å². The number of benzene rings is 1. The molecule has 0 radical (unpaired) electrons. The van der Waals surface area contributed by atoms with Gasteiger partial charge in [0.25, 0.3) is 5.91 Å². The Bertz CT molecular complexity index is 1070. The molecule has 0 spiro atoms. The Hall–Kier alpha value is -3.48. The summed E-state index contributed by atoms with van der Waals surface area (Å²) in [5, 5.41) is 14.4. The summed E-state index contributed by atoms with van der Waals surface area (Å²) in [5.74, 6) is 0.569. The molecule has 4 aromatic rings. The van der Waals surface area contributed by atoms with Gasteiger partial charge in [0.05, 0.1) is 5.39 Å². The number of nitrogens with one attached hydrogen (secondary N) is 2. The molecule has 1 aromatic carbocycles. The first-order valence-electron chi connectivity index (χ1n) is 7.77. The van der Waals surface area contributed by atoms with E-state index in [2.05, 4.69) is 25.7 Å². The molecule has 0 saturated carbocycles. The molecule has 0 fully saturated rings. The number of H-pyrrole nitrogens is 1. The number of aromatic amines is 1. The number of carbonyl (C=O) groups is 1. The van der Waals surface area contributed by atoms with Crippen molar-refractivity contribution in [3.05, 3.63) is 59.4 Å². The van der Waals surface area contributed by atoms with E-state index < -0.39 is 0 Å². The highest BCUT2D eigenvalue weighted by molar-refractivity contribution is 6.07. The molecule has 0 unspecified atom stereocenters. The largest absolute Gasteiger partial charge is 0.355 e. The predicted octanol–water partition coefficient (Wildman–Crippen LogP) is 3.48. The first kappa shape index (κ1) is 15.1. The van der Waals surface area contributed by atoms with E-state index in [1.54, 1.807) is 6.07 Å². The molecule has 0 bridgehead atoms. The van der Waals surface area contributed by atoms with Crippen LogP contribution in [0.4, 0.5) is 5.82 Å². The maximum Gasteiger partial charge on any atom is 0.279 e. The van der Waals surface area contributed by atoms with Crippen LogP contribution in [-0.2, 0) is 0 Å². The molecular formula is C18H15N5O2. The summed E-state index contributed by atoms with van der Waals surface area (Å²) in [4.78, 5) is 16.8. The number of aryl methyl sites for hydroxylation is 2. The van der Waals surface area contributed by atoms with Gasteiger partial charge in [-0.3, -0.25) is 9.89 Å². The van der Waals surface area contributed by atoms with E-state index in [0.29, 0.717) is 17.2 Å². The molecule has 3 aromatic heterocycles. The van der Waals surface area contributed by atoms with Crippen molar-refractivity contribution >= 4 is 22.8 Å². The minimum atomic E-state index is -0.390. The second-order valence-electron chi connectivity index (χ2n) is 5.77. The van der Waals surface area contributed by atoms with Gasteiger partial charge in [0.15, 0.2) is 22.9 Å². The van der Waals surface area contributed by atoms with Crippen LogP contribution < -0.4 is 5.32 Å². The number of hydrogen-bond acceptors (Lipinski definition) is 5. The summed E-state index contributed by atoms with van der Waals surface area (Å²) in [6.45, 7) is 3.86.